The summed E-state index contributed by atoms with van der Waals surface area (Å²) in [5, 5.41) is 2.77. The summed E-state index contributed by atoms with van der Waals surface area (Å²) in [6.07, 6.45) is 3.32. The van der Waals surface area contributed by atoms with Crippen molar-refractivity contribution in [3.8, 4) is 0 Å². The van der Waals surface area contributed by atoms with Crippen molar-refractivity contribution in [1.29, 1.82) is 0 Å². The molecule has 1 atom stereocenters. The van der Waals surface area contributed by atoms with Crippen LogP contribution in [-0.2, 0) is 6.54 Å². The van der Waals surface area contributed by atoms with Gasteiger partial charge < -0.3 is 15.6 Å². The minimum atomic E-state index is -0.421. The quantitative estimate of drug-likeness (QED) is 0.730. The van der Waals surface area contributed by atoms with Gasteiger partial charge in [-0.05, 0) is 37.1 Å². The summed E-state index contributed by atoms with van der Waals surface area (Å²) >= 11 is 0. The summed E-state index contributed by atoms with van der Waals surface area (Å²) in [5.41, 5.74) is 7.97. The largest absolute Gasteiger partial charge is 0.383 e. The molecule has 0 aliphatic heterocycles. The molecule has 6 heteroatoms. The van der Waals surface area contributed by atoms with E-state index in [1.54, 1.807) is 42.1 Å². The number of carbonyl (C=O) groups excluding carboxylic acids is 1. The van der Waals surface area contributed by atoms with Gasteiger partial charge in [0.2, 0.25) is 0 Å². The Bertz CT molecular complexity index is 1010. The van der Waals surface area contributed by atoms with Crippen LogP contribution in [0.1, 0.15) is 40.0 Å². The summed E-state index contributed by atoms with van der Waals surface area (Å²) in [5.74, 6) is -0.0620. The molecule has 27 heavy (non-hydrogen) atoms. The summed E-state index contributed by atoms with van der Waals surface area (Å²) in [4.78, 5) is 29.7. The molecule has 3 rings (SSSR count). The molecule has 3 aromatic rings. The number of nitrogens with one attached hydrogen (secondary N) is 1. The maximum absolute atomic E-state index is 13.0. The van der Waals surface area contributed by atoms with E-state index in [0.717, 1.165) is 5.56 Å². The van der Waals surface area contributed by atoms with E-state index < -0.39 is 5.91 Å². The van der Waals surface area contributed by atoms with Gasteiger partial charge in [0.25, 0.3) is 11.5 Å². The molecule has 0 spiro atoms. The third kappa shape index (κ3) is 3.89. The summed E-state index contributed by atoms with van der Waals surface area (Å²) in [7, 11) is 0. The number of aryl methyl sites for hydroxylation is 1. The number of nitrogens with zero attached hydrogens (tertiary/aromatic N) is 2. The zero-order valence-corrected chi connectivity index (χ0v) is 15.3. The lowest BCUT2D eigenvalue weighted by Crippen LogP contribution is -2.35. The van der Waals surface area contributed by atoms with Gasteiger partial charge in [0.1, 0.15) is 11.4 Å². The lowest BCUT2D eigenvalue weighted by atomic mass is 10.1. The van der Waals surface area contributed by atoms with Crippen molar-refractivity contribution < 1.29 is 4.79 Å². The molecule has 0 aliphatic rings. The minimum Gasteiger partial charge on any atom is -0.383 e. The van der Waals surface area contributed by atoms with Crippen molar-refractivity contribution in [2.24, 2.45) is 0 Å². The Balaban J connectivity index is 1.88. The number of amides is 1. The maximum Gasteiger partial charge on any atom is 0.264 e. The molecule has 6 nitrogen and oxygen atoms in total. The molecule has 1 aromatic carbocycles. The number of carbonyl (C=O) groups is 1. The highest BCUT2D eigenvalue weighted by molar-refractivity contribution is 5.95. The van der Waals surface area contributed by atoms with Crippen molar-refractivity contribution in [3.63, 3.8) is 0 Å². The first-order valence-corrected chi connectivity index (χ1v) is 8.73. The smallest absolute Gasteiger partial charge is 0.264 e. The van der Waals surface area contributed by atoms with Crippen molar-refractivity contribution in [3.05, 3.63) is 93.5 Å². The van der Waals surface area contributed by atoms with Crippen molar-refractivity contribution in [2.75, 3.05) is 5.73 Å². The summed E-state index contributed by atoms with van der Waals surface area (Å²) in [6, 6.07) is 14.8. The number of nitrogen functional groups attached to an aromatic ring is 1. The third-order valence-corrected chi connectivity index (χ3v) is 4.62. The number of benzene rings is 1. The Labute approximate surface area is 157 Å². The second kappa shape index (κ2) is 7.86. The highest BCUT2D eigenvalue weighted by Crippen LogP contribution is 2.16. The molecule has 1 unspecified atom stereocenters. The van der Waals surface area contributed by atoms with Crippen LogP contribution >= 0.6 is 0 Å². The van der Waals surface area contributed by atoms with Gasteiger partial charge in [0, 0.05) is 24.5 Å². The van der Waals surface area contributed by atoms with Crippen molar-refractivity contribution in [1.82, 2.24) is 14.9 Å². The first-order chi connectivity index (χ1) is 13.0. The Morgan fingerprint density at radius 1 is 1.19 bits per heavy atom. The van der Waals surface area contributed by atoms with Gasteiger partial charge in [0.15, 0.2) is 0 Å². The maximum atomic E-state index is 13.0. The Kier molecular flexibility index (Phi) is 5.35. The van der Waals surface area contributed by atoms with Gasteiger partial charge in [-0.1, -0.05) is 36.4 Å². The molecular formula is C21H22N4O2. The van der Waals surface area contributed by atoms with E-state index in [2.05, 4.69) is 10.3 Å². The number of aromatic nitrogens is 2. The van der Waals surface area contributed by atoms with Gasteiger partial charge >= 0.3 is 0 Å². The normalized spacial score (nSPS) is 11.8. The topological polar surface area (TPSA) is 90.0 Å². The molecule has 2 aromatic heterocycles. The van der Waals surface area contributed by atoms with Crippen LogP contribution < -0.4 is 16.6 Å². The molecular weight excluding hydrogens is 340 g/mol. The molecule has 3 N–H and O–H groups in total. The van der Waals surface area contributed by atoms with Crippen LogP contribution in [0.3, 0.4) is 0 Å². The van der Waals surface area contributed by atoms with E-state index in [0.29, 0.717) is 16.9 Å². The fourth-order valence-corrected chi connectivity index (χ4v) is 2.98. The highest BCUT2D eigenvalue weighted by atomic mass is 16.2. The molecule has 0 radical (unpaired) electrons. The van der Waals surface area contributed by atoms with Crippen LogP contribution in [0.2, 0.25) is 0 Å². The average Bonchev–Trinajstić information content (AvgIpc) is 2.68. The van der Waals surface area contributed by atoms with Gasteiger partial charge in [0.05, 0.1) is 6.04 Å². The number of rotatable bonds is 5. The third-order valence-electron chi connectivity index (χ3n) is 4.62. The second-order valence-electron chi connectivity index (χ2n) is 6.40. The predicted molar refractivity (Wildman–Crippen MR) is 106 cm³/mol. The summed E-state index contributed by atoms with van der Waals surface area (Å²) in [6.45, 7) is 3.90. The first kappa shape index (κ1) is 18.4. The SMILES string of the molecule is Cc1ccn(C(C)c2ccccc2)c(=O)c1C(=O)NCc1cccnc1N. The van der Waals surface area contributed by atoms with E-state index >= 15 is 0 Å². The Morgan fingerprint density at radius 2 is 1.93 bits per heavy atom. The number of hydrogen-bond acceptors (Lipinski definition) is 4. The highest BCUT2D eigenvalue weighted by Gasteiger charge is 2.18. The number of pyridine rings is 2. The zero-order valence-electron chi connectivity index (χ0n) is 15.3. The minimum absolute atomic E-state index is 0.141. The Hall–Kier alpha value is -3.41. The molecule has 0 saturated carbocycles. The number of anilines is 1. The Morgan fingerprint density at radius 3 is 2.63 bits per heavy atom. The van der Waals surface area contributed by atoms with E-state index in [1.807, 2.05) is 37.3 Å². The van der Waals surface area contributed by atoms with Crippen LogP contribution in [0.5, 0.6) is 0 Å². The van der Waals surface area contributed by atoms with E-state index in [-0.39, 0.29) is 23.7 Å². The van der Waals surface area contributed by atoms with Crippen LogP contribution in [0.25, 0.3) is 0 Å². The fourth-order valence-electron chi connectivity index (χ4n) is 2.98. The van der Waals surface area contributed by atoms with Crippen LogP contribution in [-0.4, -0.2) is 15.5 Å². The zero-order chi connectivity index (χ0) is 19.4. The number of hydrogen-bond donors (Lipinski definition) is 2. The molecule has 0 bridgehead atoms. The first-order valence-electron chi connectivity index (χ1n) is 8.73. The van der Waals surface area contributed by atoms with E-state index in [1.165, 1.54) is 0 Å². The van der Waals surface area contributed by atoms with Gasteiger partial charge in [-0.25, -0.2) is 4.98 Å². The van der Waals surface area contributed by atoms with Gasteiger partial charge in [-0.2, -0.15) is 0 Å². The molecule has 1 amide bonds. The lowest BCUT2D eigenvalue weighted by molar-refractivity contribution is 0.0948. The second-order valence-corrected chi connectivity index (χ2v) is 6.40. The molecule has 2 heterocycles. The van der Waals surface area contributed by atoms with Crippen LogP contribution in [0.15, 0.2) is 65.7 Å². The predicted octanol–water partition coefficient (Wildman–Crippen LogP) is 2.67. The molecule has 0 fully saturated rings. The van der Waals surface area contributed by atoms with Crippen molar-refractivity contribution >= 4 is 11.7 Å². The van der Waals surface area contributed by atoms with Crippen LogP contribution in [0.4, 0.5) is 5.82 Å². The van der Waals surface area contributed by atoms with Gasteiger partial charge in [-0.3, -0.25) is 9.59 Å². The molecule has 0 aliphatic carbocycles. The average molecular weight is 362 g/mol. The standard InChI is InChI=1S/C21H22N4O2/c1-14-10-12-25(15(2)16-7-4-3-5-8-16)21(27)18(14)20(26)24-13-17-9-6-11-23-19(17)22/h3-12,15H,13H2,1-2H3,(H2,22,23)(H,24,26). The lowest BCUT2D eigenvalue weighted by Gasteiger charge is -2.18. The monoisotopic (exact) mass is 362 g/mol. The van der Waals surface area contributed by atoms with Crippen molar-refractivity contribution in [2.45, 2.75) is 26.4 Å². The fraction of sp³-hybridized carbons (Fsp3) is 0.190. The van der Waals surface area contributed by atoms with E-state index in [4.69, 9.17) is 5.73 Å². The summed E-state index contributed by atoms with van der Waals surface area (Å²) < 4.78 is 1.58. The number of nitrogens with two attached hydrogens (primary N) is 1. The van der Waals surface area contributed by atoms with Gasteiger partial charge in [-0.15, -0.1) is 0 Å². The molecule has 138 valence electrons. The molecule has 0 saturated heterocycles. The van der Waals surface area contributed by atoms with Crippen LogP contribution in [0, 0.1) is 6.92 Å². The van der Waals surface area contributed by atoms with E-state index in [9.17, 15) is 9.59 Å².